The lowest BCUT2D eigenvalue weighted by molar-refractivity contribution is -0.134. The molecular formula is C12H13F3N4O2S. The van der Waals surface area contributed by atoms with Crippen LogP contribution >= 0.6 is 0 Å². The van der Waals surface area contributed by atoms with E-state index in [2.05, 4.69) is 14.8 Å². The molecule has 0 aliphatic carbocycles. The molecule has 0 radical (unpaired) electrons. The minimum atomic E-state index is -4.36. The summed E-state index contributed by atoms with van der Waals surface area (Å²) in [5.74, 6) is -0.113. The van der Waals surface area contributed by atoms with E-state index in [-0.39, 0.29) is 5.69 Å². The molecule has 2 aromatic rings. The highest BCUT2D eigenvalue weighted by Gasteiger charge is 2.27. The van der Waals surface area contributed by atoms with Crippen LogP contribution in [0.4, 0.5) is 18.9 Å². The van der Waals surface area contributed by atoms with Gasteiger partial charge in [0.05, 0.1) is 17.6 Å². The van der Waals surface area contributed by atoms with Crippen molar-refractivity contribution in [2.24, 2.45) is 0 Å². The monoisotopic (exact) mass is 334 g/mol. The van der Waals surface area contributed by atoms with Crippen LogP contribution in [-0.2, 0) is 10.0 Å². The topological polar surface area (TPSA) is 76.9 Å². The van der Waals surface area contributed by atoms with Crippen LogP contribution in [0.15, 0.2) is 36.8 Å². The zero-order chi connectivity index (χ0) is 16.2. The molecule has 1 N–H and O–H groups in total. The number of aromatic nitrogens is 3. The van der Waals surface area contributed by atoms with Crippen molar-refractivity contribution in [1.82, 2.24) is 14.8 Å². The third kappa shape index (κ3) is 5.02. The fourth-order valence-corrected chi connectivity index (χ4v) is 2.79. The molecule has 0 atom stereocenters. The largest absolute Gasteiger partial charge is 0.389 e. The Balaban J connectivity index is 1.95. The van der Waals surface area contributed by atoms with E-state index < -0.39 is 34.8 Å². The highest BCUT2D eigenvalue weighted by Crippen LogP contribution is 2.22. The van der Waals surface area contributed by atoms with E-state index in [1.165, 1.54) is 16.9 Å². The Morgan fingerprint density at radius 1 is 1.27 bits per heavy atom. The van der Waals surface area contributed by atoms with E-state index in [4.69, 9.17) is 0 Å². The molecular weight excluding hydrogens is 321 g/mol. The Hall–Kier alpha value is -2.10. The average molecular weight is 334 g/mol. The zero-order valence-corrected chi connectivity index (χ0v) is 12.1. The summed E-state index contributed by atoms with van der Waals surface area (Å²) < 4.78 is 63.0. The summed E-state index contributed by atoms with van der Waals surface area (Å²) in [6, 6.07) is 4.71. The molecule has 120 valence electrons. The predicted molar refractivity (Wildman–Crippen MR) is 74.1 cm³/mol. The molecule has 10 heteroatoms. The van der Waals surface area contributed by atoms with Gasteiger partial charge in [-0.2, -0.15) is 18.3 Å². The van der Waals surface area contributed by atoms with Gasteiger partial charge in [-0.25, -0.2) is 18.1 Å². The molecule has 0 amide bonds. The lowest BCUT2D eigenvalue weighted by Gasteiger charge is -2.09. The third-order valence-electron chi connectivity index (χ3n) is 2.63. The van der Waals surface area contributed by atoms with Crippen molar-refractivity contribution in [2.45, 2.75) is 19.0 Å². The van der Waals surface area contributed by atoms with Crippen molar-refractivity contribution >= 4 is 15.7 Å². The highest BCUT2D eigenvalue weighted by atomic mass is 32.2. The Morgan fingerprint density at radius 3 is 2.59 bits per heavy atom. The molecule has 22 heavy (non-hydrogen) atoms. The first-order valence-electron chi connectivity index (χ1n) is 6.28. The summed E-state index contributed by atoms with van der Waals surface area (Å²) in [5, 5.41) is 3.96. The van der Waals surface area contributed by atoms with E-state index in [0.29, 0.717) is 5.82 Å². The molecule has 0 aliphatic rings. The fourth-order valence-electron chi connectivity index (χ4n) is 1.68. The van der Waals surface area contributed by atoms with Crippen LogP contribution in [0.25, 0.3) is 5.82 Å². The minimum absolute atomic E-state index is 0.183. The fraction of sp³-hybridized carbons (Fsp3) is 0.333. The second-order valence-electron chi connectivity index (χ2n) is 4.50. The van der Waals surface area contributed by atoms with Crippen LogP contribution < -0.4 is 4.72 Å². The molecule has 0 unspecified atom stereocenters. The first-order valence-corrected chi connectivity index (χ1v) is 7.94. The second-order valence-corrected chi connectivity index (χ2v) is 6.34. The molecule has 0 aromatic carbocycles. The van der Waals surface area contributed by atoms with Gasteiger partial charge in [-0.15, -0.1) is 0 Å². The summed E-state index contributed by atoms with van der Waals surface area (Å²) in [4.78, 5) is 4.02. The molecule has 0 spiro atoms. The number of nitrogens with one attached hydrogen (secondary N) is 1. The predicted octanol–water partition coefficient (Wildman–Crippen LogP) is 2.35. The normalized spacial score (nSPS) is 12.3. The molecule has 0 saturated heterocycles. The summed E-state index contributed by atoms with van der Waals surface area (Å²) in [6.07, 6.45) is -1.47. The number of hydrogen-bond acceptors (Lipinski definition) is 4. The van der Waals surface area contributed by atoms with Gasteiger partial charge < -0.3 is 0 Å². The summed E-state index contributed by atoms with van der Waals surface area (Å²) in [5.41, 5.74) is 0.183. The lowest BCUT2D eigenvalue weighted by Crippen LogP contribution is -2.19. The number of rotatable bonds is 6. The van der Waals surface area contributed by atoms with E-state index in [1.54, 1.807) is 24.5 Å². The highest BCUT2D eigenvalue weighted by molar-refractivity contribution is 7.92. The van der Waals surface area contributed by atoms with Gasteiger partial charge in [0.1, 0.15) is 0 Å². The molecule has 6 nitrogen and oxygen atoms in total. The van der Waals surface area contributed by atoms with E-state index in [9.17, 15) is 21.6 Å². The molecule has 0 bridgehead atoms. The maximum Gasteiger partial charge on any atom is 0.389 e. The SMILES string of the molecule is O=S(=O)(CCCC(F)(F)F)Nc1ccc(-n2cccn2)nc1. The van der Waals surface area contributed by atoms with Crippen LogP contribution in [-0.4, -0.2) is 35.1 Å². The summed E-state index contributed by atoms with van der Waals surface area (Å²) in [7, 11) is -3.84. The Morgan fingerprint density at radius 2 is 2.05 bits per heavy atom. The van der Waals surface area contributed by atoms with Gasteiger partial charge in [0.2, 0.25) is 10.0 Å². The van der Waals surface area contributed by atoms with Gasteiger partial charge in [-0.1, -0.05) is 0 Å². The summed E-state index contributed by atoms with van der Waals surface area (Å²) in [6.45, 7) is 0. The molecule has 2 rings (SSSR count). The quantitative estimate of drug-likeness (QED) is 0.880. The second kappa shape index (κ2) is 6.34. The minimum Gasteiger partial charge on any atom is -0.282 e. The van der Waals surface area contributed by atoms with Crippen LogP contribution in [0.5, 0.6) is 0 Å². The van der Waals surface area contributed by atoms with Gasteiger partial charge in [0.15, 0.2) is 5.82 Å². The first kappa shape index (κ1) is 16.3. The number of nitrogens with zero attached hydrogens (tertiary/aromatic N) is 3. The average Bonchev–Trinajstić information content (AvgIpc) is 2.91. The molecule has 2 heterocycles. The standard InChI is InChI=1S/C12H13F3N4O2S/c13-12(14,15)5-1-8-22(20,21)18-10-3-4-11(16-9-10)19-7-2-6-17-19/h2-4,6-7,9,18H,1,5,8H2. The Kier molecular flexibility index (Phi) is 4.69. The summed E-state index contributed by atoms with van der Waals surface area (Å²) >= 11 is 0. The number of hydrogen-bond donors (Lipinski definition) is 1. The number of sulfonamides is 1. The van der Waals surface area contributed by atoms with Crippen molar-refractivity contribution in [3.05, 3.63) is 36.8 Å². The number of pyridine rings is 1. The number of halogens is 3. The van der Waals surface area contributed by atoms with Crippen molar-refractivity contribution < 1.29 is 21.6 Å². The van der Waals surface area contributed by atoms with Crippen molar-refractivity contribution in [1.29, 1.82) is 0 Å². The number of alkyl halides is 3. The molecule has 0 saturated carbocycles. The van der Waals surface area contributed by atoms with Crippen molar-refractivity contribution in [3.63, 3.8) is 0 Å². The maximum atomic E-state index is 12.0. The van der Waals surface area contributed by atoms with E-state index >= 15 is 0 Å². The van der Waals surface area contributed by atoms with Crippen molar-refractivity contribution in [3.8, 4) is 5.82 Å². The van der Waals surface area contributed by atoms with Crippen LogP contribution in [0.1, 0.15) is 12.8 Å². The van der Waals surface area contributed by atoms with Crippen LogP contribution in [0, 0.1) is 0 Å². The number of anilines is 1. The lowest BCUT2D eigenvalue weighted by atomic mass is 10.3. The first-order chi connectivity index (χ1) is 10.3. The van der Waals surface area contributed by atoms with Crippen LogP contribution in [0.3, 0.4) is 0 Å². The molecule has 2 aromatic heterocycles. The maximum absolute atomic E-state index is 12.0. The molecule has 0 fully saturated rings. The third-order valence-corrected chi connectivity index (χ3v) is 4.01. The smallest absolute Gasteiger partial charge is 0.282 e. The van der Waals surface area contributed by atoms with Gasteiger partial charge in [0.25, 0.3) is 0 Å². The van der Waals surface area contributed by atoms with Gasteiger partial charge >= 0.3 is 6.18 Å². The van der Waals surface area contributed by atoms with E-state index in [0.717, 1.165) is 0 Å². The van der Waals surface area contributed by atoms with Gasteiger partial charge in [-0.3, -0.25) is 4.72 Å². The van der Waals surface area contributed by atoms with E-state index in [1.807, 2.05) is 0 Å². The Bertz CT molecular complexity index is 697. The molecule has 0 aliphatic heterocycles. The van der Waals surface area contributed by atoms with Crippen LogP contribution in [0.2, 0.25) is 0 Å². The van der Waals surface area contributed by atoms with Crippen molar-refractivity contribution in [2.75, 3.05) is 10.5 Å². The van der Waals surface area contributed by atoms with Gasteiger partial charge in [-0.05, 0) is 24.6 Å². The Labute approximate surface area is 125 Å². The zero-order valence-electron chi connectivity index (χ0n) is 11.3. The van der Waals surface area contributed by atoms with Gasteiger partial charge in [0, 0.05) is 18.8 Å².